The van der Waals surface area contributed by atoms with Gasteiger partial charge in [0.2, 0.25) is 0 Å². The highest BCUT2D eigenvalue weighted by Gasteiger charge is 2.14. The first kappa shape index (κ1) is 16.8. The minimum Gasteiger partial charge on any atom is -0.490 e. The van der Waals surface area contributed by atoms with Crippen LogP contribution in [0, 0.1) is 0 Å². The summed E-state index contributed by atoms with van der Waals surface area (Å²) in [5, 5.41) is 12.9. The van der Waals surface area contributed by atoms with Crippen molar-refractivity contribution in [3.8, 4) is 11.5 Å². The molecule has 0 aromatic heterocycles. The molecule has 2 unspecified atom stereocenters. The summed E-state index contributed by atoms with van der Waals surface area (Å²) in [5.74, 6) is 1.40. The molecule has 0 spiro atoms. The molecule has 2 atom stereocenters. The molecule has 4 heteroatoms. The maximum Gasteiger partial charge on any atom is 0.161 e. The van der Waals surface area contributed by atoms with Gasteiger partial charge in [0, 0.05) is 12.6 Å². The van der Waals surface area contributed by atoms with Crippen LogP contribution in [0.4, 0.5) is 0 Å². The van der Waals surface area contributed by atoms with Crippen LogP contribution in [0.2, 0.25) is 0 Å². The van der Waals surface area contributed by atoms with E-state index < -0.39 is 6.10 Å². The van der Waals surface area contributed by atoms with Gasteiger partial charge in [-0.3, -0.25) is 0 Å². The molecule has 1 rings (SSSR count). The van der Waals surface area contributed by atoms with Crippen LogP contribution in [0.15, 0.2) is 18.2 Å². The average Bonchev–Trinajstić information content (AvgIpc) is 2.38. The molecule has 1 aromatic carbocycles. The van der Waals surface area contributed by atoms with Crippen LogP contribution >= 0.6 is 0 Å². The average molecular weight is 281 g/mol. The molecule has 0 aliphatic carbocycles. The van der Waals surface area contributed by atoms with Crippen LogP contribution < -0.4 is 14.8 Å². The van der Waals surface area contributed by atoms with Gasteiger partial charge in [0.25, 0.3) is 0 Å². The van der Waals surface area contributed by atoms with Crippen molar-refractivity contribution in [1.29, 1.82) is 0 Å². The monoisotopic (exact) mass is 281 g/mol. The molecular weight excluding hydrogens is 254 g/mol. The highest BCUT2D eigenvalue weighted by atomic mass is 16.5. The third-order valence-corrected chi connectivity index (χ3v) is 3.01. The van der Waals surface area contributed by atoms with E-state index in [0.717, 1.165) is 17.9 Å². The normalized spacial score (nSPS) is 14.2. The maximum absolute atomic E-state index is 9.53. The number of ether oxygens (including phenoxy) is 2. The summed E-state index contributed by atoms with van der Waals surface area (Å²) in [6, 6.07) is 6.35. The zero-order valence-electron chi connectivity index (χ0n) is 13.1. The smallest absolute Gasteiger partial charge is 0.161 e. The van der Waals surface area contributed by atoms with Crippen LogP contribution in [0.25, 0.3) is 0 Å². The van der Waals surface area contributed by atoms with Crippen molar-refractivity contribution >= 4 is 0 Å². The van der Waals surface area contributed by atoms with E-state index in [1.165, 1.54) is 0 Å². The predicted octanol–water partition coefficient (Wildman–Crippen LogP) is 2.73. The zero-order valence-corrected chi connectivity index (χ0v) is 13.1. The minimum atomic E-state index is -0.522. The van der Waals surface area contributed by atoms with E-state index in [1.54, 1.807) is 6.92 Å². The third kappa shape index (κ3) is 5.39. The Morgan fingerprint density at radius 2 is 1.85 bits per heavy atom. The van der Waals surface area contributed by atoms with Crippen molar-refractivity contribution in [3.63, 3.8) is 0 Å². The van der Waals surface area contributed by atoms with Crippen LogP contribution in [0.3, 0.4) is 0 Å². The van der Waals surface area contributed by atoms with Crippen molar-refractivity contribution < 1.29 is 14.6 Å². The fourth-order valence-electron chi connectivity index (χ4n) is 1.65. The van der Waals surface area contributed by atoms with Gasteiger partial charge in [-0.15, -0.1) is 0 Å². The molecule has 0 saturated heterocycles. The molecule has 4 nitrogen and oxygen atoms in total. The topological polar surface area (TPSA) is 50.7 Å². The lowest BCUT2D eigenvalue weighted by atomic mass is 10.2. The van der Waals surface area contributed by atoms with E-state index in [0.29, 0.717) is 18.4 Å². The summed E-state index contributed by atoms with van der Waals surface area (Å²) in [6.07, 6.45) is -0.791. The van der Waals surface area contributed by atoms with Crippen molar-refractivity contribution in [1.82, 2.24) is 5.32 Å². The van der Waals surface area contributed by atoms with Crippen molar-refractivity contribution in [2.45, 2.75) is 59.4 Å². The highest BCUT2D eigenvalue weighted by Crippen LogP contribution is 2.29. The second-order valence-corrected chi connectivity index (χ2v) is 5.31. The minimum absolute atomic E-state index is 0.270. The molecule has 114 valence electrons. The largest absolute Gasteiger partial charge is 0.490 e. The van der Waals surface area contributed by atoms with E-state index >= 15 is 0 Å². The van der Waals surface area contributed by atoms with Crippen LogP contribution in [-0.2, 0) is 6.54 Å². The number of hydrogen-bond acceptors (Lipinski definition) is 4. The summed E-state index contributed by atoms with van der Waals surface area (Å²) in [4.78, 5) is 0. The van der Waals surface area contributed by atoms with Gasteiger partial charge in [-0.25, -0.2) is 0 Å². The molecule has 0 aliphatic heterocycles. The number of nitrogens with one attached hydrogen (secondary N) is 1. The second kappa shape index (κ2) is 8.12. The SMILES string of the molecule is CCOc1cc(CNC(C)C)ccc1OC(C)C(C)O. The van der Waals surface area contributed by atoms with E-state index in [1.807, 2.05) is 32.0 Å². The van der Waals surface area contributed by atoms with Crippen molar-refractivity contribution in [2.24, 2.45) is 0 Å². The second-order valence-electron chi connectivity index (χ2n) is 5.31. The first-order chi connectivity index (χ1) is 9.43. The summed E-state index contributed by atoms with van der Waals surface area (Å²) < 4.78 is 11.4. The van der Waals surface area contributed by atoms with Crippen LogP contribution in [-0.4, -0.2) is 30.0 Å². The quantitative estimate of drug-likeness (QED) is 0.769. The first-order valence-corrected chi connectivity index (χ1v) is 7.27. The van der Waals surface area contributed by atoms with Gasteiger partial charge in [-0.05, 0) is 38.5 Å². The lowest BCUT2D eigenvalue weighted by molar-refractivity contribution is 0.0582. The van der Waals surface area contributed by atoms with Gasteiger partial charge in [0.05, 0.1) is 12.7 Å². The van der Waals surface area contributed by atoms with Gasteiger partial charge in [0.1, 0.15) is 6.10 Å². The third-order valence-electron chi connectivity index (χ3n) is 3.01. The van der Waals surface area contributed by atoms with Gasteiger partial charge in [-0.2, -0.15) is 0 Å². The Labute approximate surface area is 122 Å². The summed E-state index contributed by atoms with van der Waals surface area (Å²) in [6.45, 7) is 11.1. The number of hydrogen-bond donors (Lipinski definition) is 2. The number of rotatable bonds is 8. The van der Waals surface area contributed by atoms with E-state index in [4.69, 9.17) is 9.47 Å². The predicted molar refractivity (Wildman–Crippen MR) is 81.4 cm³/mol. The molecule has 0 saturated carbocycles. The van der Waals surface area contributed by atoms with Crippen LogP contribution in [0.1, 0.15) is 40.2 Å². The fraction of sp³-hybridized carbons (Fsp3) is 0.625. The zero-order chi connectivity index (χ0) is 15.1. The maximum atomic E-state index is 9.53. The Balaban J connectivity index is 2.83. The lowest BCUT2D eigenvalue weighted by Crippen LogP contribution is -2.26. The summed E-state index contributed by atoms with van der Waals surface area (Å²) in [5.41, 5.74) is 1.15. The van der Waals surface area contributed by atoms with Gasteiger partial charge < -0.3 is 19.9 Å². The Kier molecular flexibility index (Phi) is 6.82. The molecule has 20 heavy (non-hydrogen) atoms. The number of benzene rings is 1. The molecular formula is C16H27NO3. The number of aliphatic hydroxyl groups is 1. The Hall–Kier alpha value is -1.26. The lowest BCUT2D eigenvalue weighted by Gasteiger charge is -2.20. The Morgan fingerprint density at radius 3 is 2.40 bits per heavy atom. The Bertz CT molecular complexity index is 405. The van der Waals surface area contributed by atoms with Crippen molar-refractivity contribution in [3.05, 3.63) is 23.8 Å². The molecule has 0 aliphatic rings. The van der Waals surface area contributed by atoms with E-state index in [2.05, 4.69) is 19.2 Å². The van der Waals surface area contributed by atoms with Gasteiger partial charge >= 0.3 is 0 Å². The fourth-order valence-corrected chi connectivity index (χ4v) is 1.65. The molecule has 0 radical (unpaired) electrons. The van der Waals surface area contributed by atoms with Gasteiger partial charge in [-0.1, -0.05) is 19.9 Å². The first-order valence-electron chi connectivity index (χ1n) is 7.27. The molecule has 0 bridgehead atoms. The molecule has 2 N–H and O–H groups in total. The van der Waals surface area contributed by atoms with E-state index in [9.17, 15) is 5.11 Å². The molecule has 0 amide bonds. The standard InChI is InChI=1S/C16H27NO3/c1-6-19-16-9-14(10-17-11(2)3)7-8-15(16)20-13(5)12(4)18/h7-9,11-13,17-18H,6,10H2,1-5H3. The molecule has 0 heterocycles. The van der Waals surface area contributed by atoms with Crippen LogP contribution in [0.5, 0.6) is 11.5 Å². The highest BCUT2D eigenvalue weighted by molar-refractivity contribution is 5.43. The molecule has 0 fully saturated rings. The summed E-state index contributed by atoms with van der Waals surface area (Å²) >= 11 is 0. The van der Waals surface area contributed by atoms with Crippen molar-refractivity contribution in [2.75, 3.05) is 6.61 Å². The number of aliphatic hydroxyl groups excluding tert-OH is 1. The Morgan fingerprint density at radius 1 is 1.15 bits per heavy atom. The van der Waals surface area contributed by atoms with Gasteiger partial charge in [0.15, 0.2) is 11.5 Å². The summed E-state index contributed by atoms with van der Waals surface area (Å²) in [7, 11) is 0. The van der Waals surface area contributed by atoms with E-state index in [-0.39, 0.29) is 6.10 Å². The molecule has 1 aromatic rings.